The highest BCUT2D eigenvalue weighted by atomic mass is 32.2. The molecule has 0 bridgehead atoms. The van der Waals surface area contributed by atoms with Crippen LogP contribution in [-0.4, -0.2) is 29.5 Å². The summed E-state index contributed by atoms with van der Waals surface area (Å²) >= 11 is 2.02. The Kier molecular flexibility index (Phi) is 3.96. The average molecular weight is 242 g/mol. The number of Topliss-reactive ketones (excluding diaryl/α,β-unsaturated/α-hetero) is 1. The molecule has 0 radical (unpaired) electrons. The van der Waals surface area contributed by atoms with Gasteiger partial charge >= 0.3 is 0 Å². The molecule has 2 rings (SSSR count). The fourth-order valence-electron chi connectivity index (χ4n) is 3.03. The molecule has 0 N–H and O–H groups in total. The topological polar surface area (TPSA) is 26.3 Å². The van der Waals surface area contributed by atoms with Gasteiger partial charge in [-0.25, -0.2) is 0 Å². The second-order valence-electron chi connectivity index (χ2n) is 5.47. The Hall–Kier alpha value is -0.0200. The summed E-state index contributed by atoms with van der Waals surface area (Å²) in [7, 11) is 0. The lowest BCUT2D eigenvalue weighted by Crippen LogP contribution is -2.41. The molecule has 0 aromatic heterocycles. The van der Waals surface area contributed by atoms with Crippen molar-refractivity contribution in [2.24, 2.45) is 11.8 Å². The van der Waals surface area contributed by atoms with E-state index in [-0.39, 0.29) is 5.60 Å². The number of carbonyl (C=O) groups is 1. The van der Waals surface area contributed by atoms with Crippen LogP contribution in [0.1, 0.15) is 39.5 Å². The molecule has 0 saturated carbocycles. The van der Waals surface area contributed by atoms with Gasteiger partial charge in [0.25, 0.3) is 0 Å². The van der Waals surface area contributed by atoms with E-state index >= 15 is 0 Å². The second kappa shape index (κ2) is 5.09. The molecule has 2 nitrogen and oxygen atoms in total. The normalized spacial score (nSPS) is 36.5. The van der Waals surface area contributed by atoms with E-state index in [1.807, 2.05) is 11.8 Å². The maximum atomic E-state index is 11.2. The Labute approximate surface area is 103 Å². The Bertz CT molecular complexity index is 259. The predicted octanol–water partition coefficient (Wildman–Crippen LogP) is 2.90. The third-order valence-electron chi connectivity index (χ3n) is 4.01. The zero-order valence-electron chi connectivity index (χ0n) is 10.3. The minimum Gasteiger partial charge on any atom is -0.374 e. The summed E-state index contributed by atoms with van der Waals surface area (Å²) in [6.07, 6.45) is 4.27. The van der Waals surface area contributed by atoms with Crippen LogP contribution in [0.15, 0.2) is 0 Å². The molecule has 3 unspecified atom stereocenters. The molecular formula is C13H22O2S. The van der Waals surface area contributed by atoms with Gasteiger partial charge in [0.15, 0.2) is 0 Å². The molecule has 0 aromatic carbocycles. The second-order valence-corrected chi connectivity index (χ2v) is 6.58. The van der Waals surface area contributed by atoms with Crippen molar-refractivity contribution >= 4 is 17.5 Å². The molecule has 16 heavy (non-hydrogen) atoms. The molecular weight excluding hydrogens is 220 g/mol. The summed E-state index contributed by atoms with van der Waals surface area (Å²) in [5, 5.41) is 0. The number of carbonyl (C=O) groups excluding carboxylic acids is 1. The van der Waals surface area contributed by atoms with Crippen molar-refractivity contribution in [3.05, 3.63) is 0 Å². The van der Waals surface area contributed by atoms with Gasteiger partial charge < -0.3 is 9.53 Å². The van der Waals surface area contributed by atoms with Gasteiger partial charge in [0.05, 0.1) is 5.60 Å². The number of ketones is 1. The number of ether oxygens (including phenoxy) is 1. The SMILES string of the molecule is CC(=O)CC(C)C1CCOC2(CCSC2)C1. The van der Waals surface area contributed by atoms with Crippen molar-refractivity contribution in [1.29, 1.82) is 0 Å². The molecule has 0 amide bonds. The third kappa shape index (κ3) is 2.80. The van der Waals surface area contributed by atoms with Crippen LogP contribution in [0.25, 0.3) is 0 Å². The van der Waals surface area contributed by atoms with E-state index < -0.39 is 0 Å². The van der Waals surface area contributed by atoms with Crippen LogP contribution < -0.4 is 0 Å². The lowest BCUT2D eigenvalue weighted by atomic mass is 9.77. The summed E-state index contributed by atoms with van der Waals surface area (Å²) in [6.45, 7) is 4.83. The van der Waals surface area contributed by atoms with Gasteiger partial charge in [0, 0.05) is 18.8 Å². The van der Waals surface area contributed by atoms with Crippen LogP contribution in [-0.2, 0) is 9.53 Å². The number of thioether (sulfide) groups is 1. The van der Waals surface area contributed by atoms with Crippen LogP contribution >= 0.6 is 11.8 Å². The van der Waals surface area contributed by atoms with Crippen LogP contribution in [0.5, 0.6) is 0 Å². The molecule has 2 heterocycles. The van der Waals surface area contributed by atoms with Gasteiger partial charge in [0.2, 0.25) is 0 Å². The largest absolute Gasteiger partial charge is 0.374 e. The molecule has 0 aliphatic carbocycles. The summed E-state index contributed by atoms with van der Waals surface area (Å²) < 4.78 is 6.01. The smallest absolute Gasteiger partial charge is 0.130 e. The van der Waals surface area contributed by atoms with Crippen molar-refractivity contribution in [3.8, 4) is 0 Å². The van der Waals surface area contributed by atoms with Crippen molar-refractivity contribution < 1.29 is 9.53 Å². The summed E-state index contributed by atoms with van der Waals surface area (Å²) in [5.41, 5.74) is 0.165. The van der Waals surface area contributed by atoms with E-state index in [4.69, 9.17) is 4.74 Å². The van der Waals surface area contributed by atoms with Gasteiger partial charge in [-0.3, -0.25) is 0 Å². The van der Waals surface area contributed by atoms with Gasteiger partial charge in [-0.05, 0) is 43.8 Å². The molecule has 1 spiro atoms. The number of rotatable bonds is 3. The van der Waals surface area contributed by atoms with E-state index in [0.717, 1.165) is 25.2 Å². The molecule has 2 aliphatic heterocycles. The Morgan fingerprint density at radius 1 is 1.62 bits per heavy atom. The van der Waals surface area contributed by atoms with Crippen molar-refractivity contribution in [2.45, 2.75) is 45.1 Å². The van der Waals surface area contributed by atoms with Crippen LogP contribution in [0.4, 0.5) is 0 Å². The van der Waals surface area contributed by atoms with Gasteiger partial charge in [-0.1, -0.05) is 6.92 Å². The summed E-state index contributed by atoms with van der Waals surface area (Å²) in [5.74, 6) is 3.96. The highest BCUT2D eigenvalue weighted by Gasteiger charge is 2.41. The van der Waals surface area contributed by atoms with Crippen molar-refractivity contribution in [1.82, 2.24) is 0 Å². The van der Waals surface area contributed by atoms with E-state index in [2.05, 4.69) is 6.92 Å². The monoisotopic (exact) mass is 242 g/mol. The van der Waals surface area contributed by atoms with Gasteiger partial charge in [-0.2, -0.15) is 11.8 Å². The first-order valence-electron chi connectivity index (χ1n) is 6.32. The van der Waals surface area contributed by atoms with Crippen LogP contribution in [0.2, 0.25) is 0 Å². The fraction of sp³-hybridized carbons (Fsp3) is 0.923. The fourth-order valence-corrected chi connectivity index (χ4v) is 4.41. The number of hydrogen-bond acceptors (Lipinski definition) is 3. The Balaban J connectivity index is 1.93. The first kappa shape index (κ1) is 12.4. The van der Waals surface area contributed by atoms with E-state index in [1.165, 1.54) is 18.6 Å². The van der Waals surface area contributed by atoms with E-state index in [1.54, 1.807) is 6.92 Å². The van der Waals surface area contributed by atoms with E-state index in [9.17, 15) is 4.79 Å². The molecule has 0 aromatic rings. The molecule has 2 aliphatic rings. The van der Waals surface area contributed by atoms with Crippen LogP contribution in [0, 0.1) is 11.8 Å². The molecule has 3 atom stereocenters. The standard InChI is InChI=1S/C13H22O2S/c1-10(7-11(2)14)12-3-5-15-13(8-12)4-6-16-9-13/h10,12H,3-9H2,1-2H3. The Morgan fingerprint density at radius 2 is 2.44 bits per heavy atom. The quantitative estimate of drug-likeness (QED) is 0.761. The number of hydrogen-bond donors (Lipinski definition) is 0. The molecule has 2 fully saturated rings. The summed E-state index contributed by atoms with van der Waals surface area (Å²) in [6, 6.07) is 0. The van der Waals surface area contributed by atoms with Gasteiger partial charge in [-0.15, -0.1) is 0 Å². The minimum absolute atomic E-state index is 0.165. The third-order valence-corrected chi connectivity index (χ3v) is 5.24. The maximum Gasteiger partial charge on any atom is 0.130 e. The average Bonchev–Trinajstić information content (AvgIpc) is 2.65. The molecule has 3 heteroatoms. The highest BCUT2D eigenvalue weighted by molar-refractivity contribution is 7.99. The zero-order chi connectivity index (χ0) is 11.6. The highest BCUT2D eigenvalue weighted by Crippen LogP contribution is 2.42. The Morgan fingerprint density at radius 3 is 3.06 bits per heavy atom. The maximum absolute atomic E-state index is 11.2. The molecule has 92 valence electrons. The zero-order valence-corrected chi connectivity index (χ0v) is 11.1. The van der Waals surface area contributed by atoms with Crippen molar-refractivity contribution in [2.75, 3.05) is 18.1 Å². The predicted molar refractivity (Wildman–Crippen MR) is 67.8 cm³/mol. The van der Waals surface area contributed by atoms with Crippen LogP contribution in [0.3, 0.4) is 0 Å². The van der Waals surface area contributed by atoms with E-state index in [0.29, 0.717) is 17.6 Å². The summed E-state index contributed by atoms with van der Waals surface area (Å²) in [4.78, 5) is 11.2. The molecule has 2 saturated heterocycles. The first-order valence-corrected chi connectivity index (χ1v) is 7.48. The lowest BCUT2D eigenvalue weighted by Gasteiger charge is -2.40. The minimum atomic E-state index is 0.165. The lowest BCUT2D eigenvalue weighted by molar-refractivity contribution is -0.120. The van der Waals surface area contributed by atoms with Crippen molar-refractivity contribution in [3.63, 3.8) is 0 Å². The first-order chi connectivity index (χ1) is 7.61. The van der Waals surface area contributed by atoms with Gasteiger partial charge in [0.1, 0.15) is 5.78 Å².